The fourth-order valence-corrected chi connectivity index (χ4v) is 4.98. The highest BCUT2D eigenvalue weighted by Crippen LogP contribution is 2.16. The third-order valence-electron chi connectivity index (χ3n) is 7.04. The minimum absolute atomic E-state index is 0.563. The average Bonchev–Trinajstić information content (AvgIpc) is 3.15. The Morgan fingerprint density at radius 2 is 1.03 bits per heavy atom. The number of imidazole rings is 1. The van der Waals surface area contributed by atoms with Crippen molar-refractivity contribution >= 4 is 11.0 Å². The van der Waals surface area contributed by atoms with Crippen LogP contribution in [0, 0.1) is 5.41 Å². The molecule has 0 amide bonds. The molecule has 192 valence electrons. The minimum Gasteiger partial charge on any atom is -0.492 e. The van der Waals surface area contributed by atoms with Gasteiger partial charge in [-0.3, -0.25) is 5.41 Å². The Hall–Kier alpha value is -2.49. The van der Waals surface area contributed by atoms with Gasteiger partial charge in [0, 0.05) is 6.54 Å². The van der Waals surface area contributed by atoms with Crippen LogP contribution in [0.3, 0.4) is 0 Å². The first-order chi connectivity index (χ1) is 17.3. The molecule has 0 saturated heterocycles. The van der Waals surface area contributed by atoms with E-state index in [2.05, 4.69) is 40.3 Å². The first-order valence-electron chi connectivity index (χ1n) is 14.2. The van der Waals surface area contributed by atoms with Gasteiger partial charge in [-0.15, -0.1) is 0 Å². The number of unbranched alkanes of at least 4 members (excludes halogenated alkanes) is 13. The second kappa shape index (κ2) is 16.2. The summed E-state index contributed by atoms with van der Waals surface area (Å²) in [6.07, 6.45) is 19.2. The van der Waals surface area contributed by atoms with Crippen LogP contribution in [-0.4, -0.2) is 15.7 Å². The Morgan fingerprint density at radius 3 is 1.57 bits per heavy atom. The molecule has 0 aliphatic rings. The van der Waals surface area contributed by atoms with Crippen LogP contribution in [0.2, 0.25) is 0 Å². The molecule has 1 aromatic heterocycles. The molecule has 4 heteroatoms. The number of ether oxygens (including phenoxy) is 1. The van der Waals surface area contributed by atoms with Crippen molar-refractivity contribution in [3.8, 4) is 5.75 Å². The summed E-state index contributed by atoms with van der Waals surface area (Å²) in [7, 11) is 0. The van der Waals surface area contributed by atoms with Gasteiger partial charge in [-0.2, -0.15) is 0 Å². The van der Waals surface area contributed by atoms with Crippen molar-refractivity contribution in [2.45, 2.75) is 110 Å². The van der Waals surface area contributed by atoms with E-state index in [1.165, 1.54) is 83.5 Å². The molecule has 4 nitrogen and oxygen atoms in total. The Morgan fingerprint density at radius 1 is 0.571 bits per heavy atom. The molecule has 35 heavy (non-hydrogen) atoms. The maximum Gasteiger partial charge on any atom is 0.203 e. The molecule has 0 fully saturated rings. The lowest BCUT2D eigenvalue weighted by Crippen LogP contribution is -2.26. The number of para-hydroxylation sites is 3. The Kier molecular flexibility index (Phi) is 12.6. The van der Waals surface area contributed by atoms with Crippen LogP contribution in [0.15, 0.2) is 54.6 Å². The fraction of sp³-hybridized carbons (Fsp3) is 0.581. The van der Waals surface area contributed by atoms with E-state index in [0.717, 1.165) is 29.7 Å². The molecule has 0 spiro atoms. The summed E-state index contributed by atoms with van der Waals surface area (Å²) in [6, 6.07) is 18.3. The van der Waals surface area contributed by atoms with E-state index < -0.39 is 0 Å². The van der Waals surface area contributed by atoms with Gasteiger partial charge in [0.1, 0.15) is 12.4 Å². The van der Waals surface area contributed by atoms with Crippen molar-refractivity contribution in [1.82, 2.24) is 9.13 Å². The van der Waals surface area contributed by atoms with Crippen LogP contribution in [0.25, 0.3) is 11.0 Å². The summed E-state index contributed by atoms with van der Waals surface area (Å²) < 4.78 is 10.2. The smallest absolute Gasteiger partial charge is 0.203 e. The standard InChI is InChI=1S/C31H47N3O/c1-2-3-4-5-6-7-8-9-10-11-12-13-14-20-25-33-29-23-18-19-24-30(29)34(31(33)32)26-27-35-28-21-16-15-17-22-28/h15-19,21-24,32H,2-14,20,25-27H2,1H3. The maximum atomic E-state index is 8.80. The van der Waals surface area contributed by atoms with Crippen molar-refractivity contribution in [2.24, 2.45) is 0 Å². The molecule has 0 unspecified atom stereocenters. The Balaban J connectivity index is 1.34. The lowest BCUT2D eigenvalue weighted by molar-refractivity contribution is 0.296. The van der Waals surface area contributed by atoms with Crippen LogP contribution in [0.1, 0.15) is 96.8 Å². The molecule has 1 N–H and O–H groups in total. The highest BCUT2D eigenvalue weighted by atomic mass is 16.5. The average molecular weight is 478 g/mol. The molecular weight excluding hydrogens is 430 g/mol. The minimum atomic E-state index is 0.563. The lowest BCUT2D eigenvalue weighted by atomic mass is 10.0. The number of hydrogen-bond acceptors (Lipinski definition) is 2. The second-order valence-corrected chi connectivity index (χ2v) is 9.87. The summed E-state index contributed by atoms with van der Waals surface area (Å²) in [4.78, 5) is 0. The van der Waals surface area contributed by atoms with Gasteiger partial charge in [0.2, 0.25) is 5.62 Å². The zero-order valence-corrected chi connectivity index (χ0v) is 22.0. The molecule has 3 rings (SSSR count). The second-order valence-electron chi connectivity index (χ2n) is 9.87. The molecule has 0 atom stereocenters. The molecule has 1 heterocycles. The van der Waals surface area contributed by atoms with E-state index in [-0.39, 0.29) is 0 Å². The van der Waals surface area contributed by atoms with E-state index in [4.69, 9.17) is 10.1 Å². The Bertz CT molecular complexity index is 1000. The van der Waals surface area contributed by atoms with Gasteiger partial charge in [-0.05, 0) is 30.7 Å². The predicted octanol–water partition coefficient (Wildman–Crippen LogP) is 8.48. The topological polar surface area (TPSA) is 42.9 Å². The van der Waals surface area contributed by atoms with E-state index in [9.17, 15) is 0 Å². The van der Waals surface area contributed by atoms with E-state index in [1.54, 1.807) is 0 Å². The number of aryl methyl sites for hydroxylation is 1. The summed E-state index contributed by atoms with van der Waals surface area (Å²) in [5, 5.41) is 8.80. The molecule has 2 aromatic carbocycles. The summed E-state index contributed by atoms with van der Waals surface area (Å²) in [5.41, 5.74) is 2.86. The number of nitrogens with zero attached hydrogens (tertiary/aromatic N) is 2. The fourth-order valence-electron chi connectivity index (χ4n) is 4.98. The lowest BCUT2D eigenvalue weighted by Gasteiger charge is -2.08. The number of fused-ring (bicyclic) bond motifs is 1. The molecule has 0 aliphatic heterocycles. The zero-order valence-electron chi connectivity index (χ0n) is 22.0. The number of nitrogens with one attached hydrogen (secondary N) is 1. The van der Waals surface area contributed by atoms with Gasteiger partial charge in [0.25, 0.3) is 0 Å². The number of benzene rings is 2. The van der Waals surface area contributed by atoms with E-state index in [0.29, 0.717) is 18.8 Å². The van der Waals surface area contributed by atoms with Crippen molar-refractivity contribution in [1.29, 1.82) is 5.41 Å². The van der Waals surface area contributed by atoms with Crippen molar-refractivity contribution < 1.29 is 4.74 Å². The van der Waals surface area contributed by atoms with Gasteiger partial charge in [0.05, 0.1) is 17.6 Å². The van der Waals surface area contributed by atoms with Crippen molar-refractivity contribution in [3.05, 3.63) is 60.2 Å². The monoisotopic (exact) mass is 477 g/mol. The molecule has 0 bridgehead atoms. The van der Waals surface area contributed by atoms with Crippen LogP contribution in [0.5, 0.6) is 5.75 Å². The van der Waals surface area contributed by atoms with Gasteiger partial charge >= 0.3 is 0 Å². The van der Waals surface area contributed by atoms with Gasteiger partial charge in [0.15, 0.2) is 0 Å². The molecule has 0 aliphatic carbocycles. The molecule has 0 radical (unpaired) electrons. The number of aromatic nitrogens is 2. The summed E-state index contributed by atoms with van der Waals surface area (Å²) >= 11 is 0. The van der Waals surface area contributed by atoms with Crippen molar-refractivity contribution in [3.63, 3.8) is 0 Å². The third-order valence-corrected chi connectivity index (χ3v) is 7.04. The maximum absolute atomic E-state index is 8.80. The Labute approximate surface area is 212 Å². The number of hydrogen-bond donors (Lipinski definition) is 1. The van der Waals surface area contributed by atoms with Crippen LogP contribution in [0.4, 0.5) is 0 Å². The van der Waals surface area contributed by atoms with Gasteiger partial charge in [-0.25, -0.2) is 0 Å². The first-order valence-corrected chi connectivity index (χ1v) is 14.2. The molecular formula is C31H47N3O. The van der Waals surface area contributed by atoms with Crippen molar-refractivity contribution in [2.75, 3.05) is 6.61 Å². The molecule has 0 saturated carbocycles. The summed E-state index contributed by atoms with van der Waals surface area (Å²) in [6.45, 7) is 4.45. The van der Waals surface area contributed by atoms with E-state index in [1.807, 2.05) is 30.3 Å². The van der Waals surface area contributed by atoms with Gasteiger partial charge < -0.3 is 13.9 Å². The highest BCUT2D eigenvalue weighted by Gasteiger charge is 2.10. The normalized spacial score (nSPS) is 11.3. The number of rotatable bonds is 19. The predicted molar refractivity (Wildman–Crippen MR) is 148 cm³/mol. The van der Waals surface area contributed by atoms with Crippen LogP contribution in [-0.2, 0) is 13.1 Å². The molecule has 3 aromatic rings. The third kappa shape index (κ3) is 9.23. The zero-order chi connectivity index (χ0) is 24.6. The largest absolute Gasteiger partial charge is 0.492 e. The van der Waals surface area contributed by atoms with Crippen LogP contribution >= 0.6 is 0 Å². The highest BCUT2D eigenvalue weighted by molar-refractivity contribution is 5.75. The SMILES string of the molecule is CCCCCCCCCCCCCCCCn1c(=N)n(CCOc2ccccc2)c2ccccc21. The van der Waals surface area contributed by atoms with Crippen LogP contribution < -0.4 is 10.4 Å². The first kappa shape index (κ1) is 27.1. The summed E-state index contributed by atoms with van der Waals surface area (Å²) in [5.74, 6) is 0.880. The quantitative estimate of drug-likeness (QED) is 0.173. The van der Waals surface area contributed by atoms with Gasteiger partial charge in [-0.1, -0.05) is 121 Å². The van der Waals surface area contributed by atoms with E-state index >= 15 is 0 Å².